The van der Waals surface area contributed by atoms with Gasteiger partial charge in [0, 0.05) is 6.42 Å². The van der Waals surface area contributed by atoms with Crippen LogP contribution in [-0.4, -0.2) is 33.3 Å². The van der Waals surface area contributed by atoms with Crippen LogP contribution < -0.4 is 10.1 Å². The van der Waals surface area contributed by atoms with Crippen LogP contribution in [0.5, 0.6) is 5.75 Å². The van der Waals surface area contributed by atoms with Crippen LogP contribution in [0.2, 0.25) is 0 Å². The van der Waals surface area contributed by atoms with Crippen LogP contribution in [0.15, 0.2) is 36.9 Å². The van der Waals surface area contributed by atoms with Crippen molar-refractivity contribution in [3.05, 3.63) is 42.5 Å². The molecule has 0 aliphatic heterocycles. The third-order valence-electron chi connectivity index (χ3n) is 3.12. The smallest absolute Gasteiger partial charge is 0.419 e. The second-order valence-corrected chi connectivity index (χ2v) is 5.18. The molecular formula is C15H17F3N4O2. The van der Waals surface area contributed by atoms with E-state index in [2.05, 4.69) is 15.4 Å². The zero-order chi connectivity index (χ0) is 17.6. The average Bonchev–Trinajstić information content (AvgIpc) is 3.04. The van der Waals surface area contributed by atoms with E-state index in [4.69, 9.17) is 4.74 Å². The van der Waals surface area contributed by atoms with Gasteiger partial charge in [0.1, 0.15) is 25.0 Å². The van der Waals surface area contributed by atoms with E-state index in [0.29, 0.717) is 6.54 Å². The molecule has 2 rings (SSSR count). The first-order valence-electron chi connectivity index (χ1n) is 7.27. The van der Waals surface area contributed by atoms with E-state index in [0.717, 1.165) is 6.07 Å². The molecule has 1 atom stereocenters. The molecular weight excluding hydrogens is 325 g/mol. The van der Waals surface area contributed by atoms with E-state index in [9.17, 15) is 18.0 Å². The number of aryl methyl sites for hydroxylation is 1. The lowest BCUT2D eigenvalue weighted by Gasteiger charge is -2.18. The van der Waals surface area contributed by atoms with Crippen molar-refractivity contribution in [1.82, 2.24) is 20.1 Å². The Morgan fingerprint density at radius 3 is 2.79 bits per heavy atom. The number of ether oxygens (including phenoxy) is 1. The van der Waals surface area contributed by atoms with E-state index in [1.807, 2.05) is 0 Å². The number of alkyl halides is 3. The summed E-state index contributed by atoms with van der Waals surface area (Å²) in [5.41, 5.74) is -0.838. The molecule has 0 spiro atoms. The van der Waals surface area contributed by atoms with Gasteiger partial charge in [-0.2, -0.15) is 18.3 Å². The average molecular weight is 342 g/mol. The summed E-state index contributed by atoms with van der Waals surface area (Å²) in [6.45, 7) is 1.96. The number of hydrogen-bond donors (Lipinski definition) is 1. The normalized spacial score (nSPS) is 12.7. The number of carbonyl (C=O) groups is 1. The monoisotopic (exact) mass is 342 g/mol. The minimum atomic E-state index is -4.49. The Bertz CT molecular complexity index is 659. The Morgan fingerprint density at radius 1 is 1.38 bits per heavy atom. The minimum Gasteiger partial charge on any atom is -0.491 e. The lowest BCUT2D eigenvalue weighted by atomic mass is 10.2. The number of halogens is 3. The Hall–Kier alpha value is -2.58. The lowest BCUT2D eigenvalue weighted by Crippen LogP contribution is -2.37. The second kappa shape index (κ2) is 7.80. The van der Waals surface area contributed by atoms with Crippen LogP contribution in [0.3, 0.4) is 0 Å². The predicted molar refractivity (Wildman–Crippen MR) is 79.2 cm³/mol. The summed E-state index contributed by atoms with van der Waals surface area (Å²) in [4.78, 5) is 15.5. The molecule has 0 saturated carbocycles. The molecule has 0 bridgehead atoms. The summed E-state index contributed by atoms with van der Waals surface area (Å²) in [7, 11) is 0. The van der Waals surface area contributed by atoms with E-state index < -0.39 is 17.8 Å². The van der Waals surface area contributed by atoms with Gasteiger partial charge in [-0.15, -0.1) is 0 Å². The minimum absolute atomic E-state index is 0.0673. The number of hydrogen-bond acceptors (Lipinski definition) is 4. The summed E-state index contributed by atoms with van der Waals surface area (Å²) in [6.07, 6.45) is -1.44. The van der Waals surface area contributed by atoms with Gasteiger partial charge >= 0.3 is 6.18 Å². The predicted octanol–water partition coefficient (Wildman–Crippen LogP) is 2.27. The summed E-state index contributed by atoms with van der Waals surface area (Å²) >= 11 is 0. The molecule has 1 aromatic heterocycles. The summed E-state index contributed by atoms with van der Waals surface area (Å²) in [5, 5.41) is 6.53. The Labute approximate surface area is 136 Å². The fourth-order valence-corrected chi connectivity index (χ4v) is 1.99. The van der Waals surface area contributed by atoms with Crippen LogP contribution in [-0.2, 0) is 17.5 Å². The number of carbonyl (C=O) groups excluding carboxylic acids is 1. The van der Waals surface area contributed by atoms with Gasteiger partial charge in [-0.1, -0.05) is 12.1 Å². The van der Waals surface area contributed by atoms with E-state index in [1.54, 1.807) is 6.92 Å². The quantitative estimate of drug-likeness (QED) is 0.838. The molecule has 130 valence electrons. The first kappa shape index (κ1) is 17.8. The third-order valence-corrected chi connectivity index (χ3v) is 3.12. The lowest BCUT2D eigenvalue weighted by molar-refractivity contribution is -0.139. The SMILES string of the molecule is C[C@@H](COc1ccccc1C(F)(F)F)NC(=O)CCn1cncn1. The summed E-state index contributed by atoms with van der Waals surface area (Å²) in [5.74, 6) is -0.501. The van der Waals surface area contributed by atoms with Gasteiger partial charge in [-0.25, -0.2) is 4.98 Å². The van der Waals surface area contributed by atoms with Crippen molar-refractivity contribution in [2.24, 2.45) is 0 Å². The molecule has 9 heteroatoms. The Kier molecular flexibility index (Phi) is 5.78. The van der Waals surface area contributed by atoms with Crippen molar-refractivity contribution < 1.29 is 22.7 Å². The molecule has 6 nitrogen and oxygen atoms in total. The number of amides is 1. The van der Waals surface area contributed by atoms with Gasteiger partial charge in [0.25, 0.3) is 0 Å². The van der Waals surface area contributed by atoms with Gasteiger partial charge < -0.3 is 10.1 Å². The van der Waals surface area contributed by atoms with Crippen molar-refractivity contribution in [1.29, 1.82) is 0 Å². The molecule has 2 aromatic rings. The van der Waals surface area contributed by atoms with Crippen molar-refractivity contribution in [2.45, 2.75) is 32.1 Å². The maximum Gasteiger partial charge on any atom is 0.419 e. The highest BCUT2D eigenvalue weighted by atomic mass is 19.4. The van der Waals surface area contributed by atoms with Gasteiger partial charge in [-0.3, -0.25) is 9.48 Å². The van der Waals surface area contributed by atoms with Crippen LogP contribution in [0.4, 0.5) is 13.2 Å². The Balaban J connectivity index is 1.81. The van der Waals surface area contributed by atoms with Crippen LogP contribution in [0, 0.1) is 0 Å². The van der Waals surface area contributed by atoms with Crippen molar-refractivity contribution in [3.63, 3.8) is 0 Å². The largest absolute Gasteiger partial charge is 0.491 e. The number of aromatic nitrogens is 3. The molecule has 1 N–H and O–H groups in total. The molecule has 0 unspecified atom stereocenters. The zero-order valence-corrected chi connectivity index (χ0v) is 13.0. The standard InChI is InChI=1S/C15H17F3N4O2/c1-11(21-14(23)6-7-22-10-19-9-20-22)8-24-13-5-3-2-4-12(13)15(16,17)18/h2-5,9-11H,6-8H2,1H3,(H,21,23)/t11-/m0/s1. The molecule has 0 saturated heterocycles. The number of nitrogens with one attached hydrogen (secondary N) is 1. The molecule has 1 aromatic carbocycles. The topological polar surface area (TPSA) is 69.0 Å². The molecule has 24 heavy (non-hydrogen) atoms. The molecule has 1 heterocycles. The fourth-order valence-electron chi connectivity index (χ4n) is 1.99. The van der Waals surface area contributed by atoms with Gasteiger partial charge in [0.05, 0.1) is 18.2 Å². The fraction of sp³-hybridized carbons (Fsp3) is 0.400. The first-order valence-corrected chi connectivity index (χ1v) is 7.27. The molecule has 0 radical (unpaired) electrons. The molecule has 1 amide bonds. The van der Waals surface area contributed by atoms with Crippen molar-refractivity contribution in [2.75, 3.05) is 6.61 Å². The Morgan fingerprint density at radius 2 is 2.12 bits per heavy atom. The summed E-state index contributed by atoms with van der Waals surface area (Å²) in [6, 6.07) is 4.53. The third kappa shape index (κ3) is 5.25. The number of para-hydroxylation sites is 1. The van der Waals surface area contributed by atoms with Crippen LogP contribution in [0.1, 0.15) is 18.9 Å². The first-order chi connectivity index (χ1) is 11.4. The van der Waals surface area contributed by atoms with E-state index in [1.165, 1.54) is 35.5 Å². The van der Waals surface area contributed by atoms with Crippen molar-refractivity contribution >= 4 is 5.91 Å². The maximum absolute atomic E-state index is 12.9. The highest BCUT2D eigenvalue weighted by molar-refractivity contribution is 5.76. The molecule has 0 aliphatic carbocycles. The molecule has 0 aliphatic rings. The number of nitrogens with zero attached hydrogens (tertiary/aromatic N) is 3. The highest BCUT2D eigenvalue weighted by Crippen LogP contribution is 2.35. The van der Waals surface area contributed by atoms with E-state index in [-0.39, 0.29) is 24.7 Å². The highest BCUT2D eigenvalue weighted by Gasteiger charge is 2.34. The van der Waals surface area contributed by atoms with Crippen LogP contribution >= 0.6 is 0 Å². The molecule has 0 fully saturated rings. The second-order valence-electron chi connectivity index (χ2n) is 5.18. The van der Waals surface area contributed by atoms with Crippen LogP contribution in [0.25, 0.3) is 0 Å². The van der Waals surface area contributed by atoms with Gasteiger partial charge in [0.2, 0.25) is 5.91 Å². The van der Waals surface area contributed by atoms with Gasteiger partial charge in [-0.05, 0) is 19.1 Å². The van der Waals surface area contributed by atoms with Gasteiger partial charge in [0.15, 0.2) is 0 Å². The van der Waals surface area contributed by atoms with E-state index >= 15 is 0 Å². The summed E-state index contributed by atoms with van der Waals surface area (Å²) < 4.78 is 45.3. The maximum atomic E-state index is 12.9. The number of rotatable bonds is 7. The number of benzene rings is 1. The zero-order valence-electron chi connectivity index (χ0n) is 13.0. The van der Waals surface area contributed by atoms with Crippen molar-refractivity contribution in [3.8, 4) is 5.75 Å².